The minimum absolute atomic E-state index is 0.122. The van der Waals surface area contributed by atoms with E-state index in [1.54, 1.807) is 12.4 Å². The first-order valence-electron chi connectivity index (χ1n) is 10.0. The van der Waals surface area contributed by atoms with Crippen LogP contribution in [-0.4, -0.2) is 45.7 Å². The fourth-order valence-electron chi connectivity index (χ4n) is 3.32. The molecule has 2 N–H and O–H groups in total. The Balaban J connectivity index is 1.69. The molecule has 0 saturated heterocycles. The maximum absolute atomic E-state index is 11.7. The minimum atomic E-state index is -0.906. The third-order valence-electron chi connectivity index (χ3n) is 5.27. The van der Waals surface area contributed by atoms with Gasteiger partial charge in [-0.1, -0.05) is 12.1 Å². The average molecular weight is 412 g/mol. The summed E-state index contributed by atoms with van der Waals surface area (Å²) in [5.41, 5.74) is 1.92. The lowest BCUT2D eigenvalue weighted by Crippen LogP contribution is -2.48. The summed E-state index contributed by atoms with van der Waals surface area (Å²) in [5, 5.41) is 12.4. The molecule has 0 atom stereocenters. The van der Waals surface area contributed by atoms with Crippen LogP contribution in [0.25, 0.3) is 11.1 Å². The number of nitrogens with zero attached hydrogens (tertiary/aromatic N) is 2. The molecule has 0 aliphatic heterocycles. The highest BCUT2D eigenvalue weighted by molar-refractivity contribution is 5.89. The number of hydrogen-bond acceptors (Lipinski definition) is 4. The van der Waals surface area contributed by atoms with Crippen LogP contribution in [0.15, 0.2) is 42.7 Å². The second kappa shape index (κ2) is 8.34. The number of nitrogens with one attached hydrogen (secondary N) is 1. The maximum atomic E-state index is 11.7. The molecule has 7 heteroatoms. The number of pyridine rings is 1. The van der Waals surface area contributed by atoms with Gasteiger partial charge in [-0.3, -0.25) is 9.78 Å². The zero-order valence-corrected chi connectivity index (χ0v) is 17.9. The van der Waals surface area contributed by atoms with Gasteiger partial charge in [0, 0.05) is 41.9 Å². The van der Waals surface area contributed by atoms with Crippen LogP contribution in [0.5, 0.6) is 5.75 Å². The largest absolute Gasteiger partial charge is 0.491 e. The van der Waals surface area contributed by atoms with E-state index in [1.165, 1.54) is 11.8 Å². The standard InChI is InChI=1S/C23H29N3O4/c1-16(27)25-19-7-5-6-17(10-19)18-11-20(13-24-12-18)30-15-23(8-9-23)14-26(21(28)29)22(2,3)4/h5-7,10-13H,8-9,14-15H2,1-4H3,(H,25,27)(H,28,29). The summed E-state index contributed by atoms with van der Waals surface area (Å²) in [6.45, 7) is 8.09. The van der Waals surface area contributed by atoms with Crippen molar-refractivity contribution in [2.45, 2.75) is 46.1 Å². The van der Waals surface area contributed by atoms with E-state index in [4.69, 9.17) is 4.74 Å². The highest BCUT2D eigenvalue weighted by atomic mass is 16.5. The Kier molecular flexibility index (Phi) is 6.01. The number of carbonyl (C=O) groups is 2. The van der Waals surface area contributed by atoms with Crippen LogP contribution in [0.4, 0.5) is 10.5 Å². The van der Waals surface area contributed by atoms with E-state index in [2.05, 4.69) is 10.3 Å². The fourth-order valence-corrected chi connectivity index (χ4v) is 3.32. The molecule has 2 aromatic rings. The van der Waals surface area contributed by atoms with Crippen molar-refractivity contribution in [1.29, 1.82) is 0 Å². The first kappa shape index (κ1) is 21.6. The van der Waals surface area contributed by atoms with Gasteiger partial charge in [-0.15, -0.1) is 0 Å². The first-order valence-corrected chi connectivity index (χ1v) is 10.0. The summed E-state index contributed by atoms with van der Waals surface area (Å²) in [6.07, 6.45) is 4.39. The van der Waals surface area contributed by atoms with Crippen LogP contribution >= 0.6 is 0 Å². The minimum Gasteiger partial charge on any atom is -0.491 e. The molecule has 1 aromatic carbocycles. The molecule has 1 aliphatic rings. The SMILES string of the molecule is CC(=O)Nc1cccc(-c2cncc(OCC3(CN(C(=O)O)C(C)(C)C)CC3)c2)c1. The van der Waals surface area contributed by atoms with Crippen molar-refractivity contribution in [3.63, 3.8) is 0 Å². The van der Waals surface area contributed by atoms with Crippen molar-refractivity contribution < 1.29 is 19.4 Å². The van der Waals surface area contributed by atoms with Crippen LogP contribution in [0, 0.1) is 5.41 Å². The van der Waals surface area contributed by atoms with Crippen LogP contribution in [0.1, 0.15) is 40.5 Å². The van der Waals surface area contributed by atoms with E-state index in [1.807, 2.05) is 51.1 Å². The number of anilines is 1. The molecule has 3 rings (SSSR count). The van der Waals surface area contributed by atoms with Gasteiger partial charge in [0.05, 0.1) is 12.8 Å². The van der Waals surface area contributed by atoms with Gasteiger partial charge in [-0.25, -0.2) is 4.79 Å². The Morgan fingerprint density at radius 3 is 2.53 bits per heavy atom. The number of hydrogen-bond donors (Lipinski definition) is 2. The molecule has 1 aliphatic carbocycles. The number of aromatic nitrogens is 1. The zero-order valence-electron chi connectivity index (χ0n) is 17.9. The second-order valence-electron chi connectivity index (χ2n) is 9.00. The van der Waals surface area contributed by atoms with Crippen molar-refractivity contribution in [1.82, 2.24) is 9.88 Å². The molecule has 2 amide bonds. The third kappa shape index (κ3) is 5.49. The molecule has 0 radical (unpaired) electrons. The second-order valence-corrected chi connectivity index (χ2v) is 9.00. The summed E-state index contributed by atoms with van der Waals surface area (Å²) in [5.74, 6) is 0.518. The van der Waals surface area contributed by atoms with Gasteiger partial charge >= 0.3 is 6.09 Å². The molecule has 0 spiro atoms. The molecule has 30 heavy (non-hydrogen) atoms. The van der Waals surface area contributed by atoms with Crippen molar-refractivity contribution in [3.8, 4) is 16.9 Å². The number of amides is 2. The highest BCUT2D eigenvalue weighted by Crippen LogP contribution is 2.47. The molecule has 7 nitrogen and oxygen atoms in total. The molecule has 1 fully saturated rings. The van der Waals surface area contributed by atoms with Gasteiger partial charge in [-0.2, -0.15) is 0 Å². The van der Waals surface area contributed by atoms with E-state index >= 15 is 0 Å². The summed E-state index contributed by atoms with van der Waals surface area (Å²) in [6, 6.07) is 9.45. The zero-order chi connectivity index (χ0) is 21.9. The third-order valence-corrected chi connectivity index (χ3v) is 5.27. The van der Waals surface area contributed by atoms with Crippen molar-refractivity contribution in [2.24, 2.45) is 5.41 Å². The van der Waals surface area contributed by atoms with Gasteiger partial charge in [0.2, 0.25) is 5.91 Å². The molecule has 1 heterocycles. The molecular formula is C23H29N3O4. The van der Waals surface area contributed by atoms with Gasteiger partial charge in [0.1, 0.15) is 5.75 Å². The van der Waals surface area contributed by atoms with Gasteiger partial charge in [0.25, 0.3) is 0 Å². The number of ether oxygens (including phenoxy) is 1. The van der Waals surface area contributed by atoms with Crippen LogP contribution in [0.2, 0.25) is 0 Å². The lowest BCUT2D eigenvalue weighted by Gasteiger charge is -2.36. The van der Waals surface area contributed by atoms with Gasteiger partial charge in [0.15, 0.2) is 0 Å². The number of carboxylic acid groups (broad SMARTS) is 1. The molecule has 1 aromatic heterocycles. The van der Waals surface area contributed by atoms with E-state index < -0.39 is 11.6 Å². The Morgan fingerprint density at radius 2 is 1.93 bits per heavy atom. The Morgan fingerprint density at radius 1 is 1.20 bits per heavy atom. The molecule has 0 unspecified atom stereocenters. The van der Waals surface area contributed by atoms with Crippen molar-refractivity contribution in [2.75, 3.05) is 18.5 Å². The van der Waals surface area contributed by atoms with Crippen LogP contribution in [-0.2, 0) is 4.79 Å². The van der Waals surface area contributed by atoms with Crippen LogP contribution in [0.3, 0.4) is 0 Å². The topological polar surface area (TPSA) is 91.8 Å². The average Bonchev–Trinajstić information content (AvgIpc) is 3.44. The fraction of sp³-hybridized carbons (Fsp3) is 0.435. The monoisotopic (exact) mass is 411 g/mol. The summed E-state index contributed by atoms with van der Waals surface area (Å²) in [4.78, 5) is 28.7. The van der Waals surface area contributed by atoms with E-state index in [-0.39, 0.29) is 11.3 Å². The lowest BCUT2D eigenvalue weighted by atomic mass is 10.0. The smallest absolute Gasteiger partial charge is 0.407 e. The molecule has 0 bridgehead atoms. The molecular weight excluding hydrogens is 382 g/mol. The molecule has 160 valence electrons. The number of carbonyl (C=O) groups excluding carboxylic acids is 1. The Bertz CT molecular complexity index is 932. The quantitative estimate of drug-likeness (QED) is 0.692. The van der Waals surface area contributed by atoms with Crippen molar-refractivity contribution >= 4 is 17.7 Å². The van der Waals surface area contributed by atoms with E-state index in [0.29, 0.717) is 18.9 Å². The highest BCUT2D eigenvalue weighted by Gasteiger charge is 2.47. The summed E-state index contributed by atoms with van der Waals surface area (Å²) < 4.78 is 6.03. The lowest BCUT2D eigenvalue weighted by molar-refractivity contribution is -0.114. The number of rotatable bonds is 7. The van der Waals surface area contributed by atoms with Crippen LogP contribution < -0.4 is 10.1 Å². The van der Waals surface area contributed by atoms with Gasteiger partial charge < -0.3 is 20.1 Å². The normalized spacial score (nSPS) is 14.7. The van der Waals surface area contributed by atoms with Crippen molar-refractivity contribution in [3.05, 3.63) is 42.7 Å². The summed E-state index contributed by atoms with van der Waals surface area (Å²) in [7, 11) is 0. The Hall–Kier alpha value is -3.09. The first-order chi connectivity index (χ1) is 14.1. The number of benzene rings is 1. The van der Waals surface area contributed by atoms with E-state index in [9.17, 15) is 14.7 Å². The maximum Gasteiger partial charge on any atom is 0.407 e. The predicted molar refractivity (Wildman–Crippen MR) is 116 cm³/mol. The predicted octanol–water partition coefficient (Wildman–Crippen LogP) is 4.64. The summed E-state index contributed by atoms with van der Waals surface area (Å²) >= 11 is 0. The molecule has 1 saturated carbocycles. The van der Waals surface area contributed by atoms with E-state index in [0.717, 1.165) is 29.7 Å². The Labute approximate surface area is 177 Å². The van der Waals surface area contributed by atoms with Gasteiger partial charge in [-0.05, 0) is 57.4 Å².